The van der Waals surface area contributed by atoms with E-state index in [2.05, 4.69) is 0 Å². The van der Waals surface area contributed by atoms with E-state index < -0.39 is 5.41 Å². The number of carbonyl (C=O) groups is 2. The fourth-order valence-corrected chi connectivity index (χ4v) is 3.66. The van der Waals surface area contributed by atoms with E-state index in [-0.39, 0.29) is 35.9 Å². The lowest BCUT2D eigenvalue weighted by Gasteiger charge is -2.22. The Morgan fingerprint density at radius 2 is 1.42 bits per heavy atom. The van der Waals surface area contributed by atoms with Gasteiger partial charge in [-0.2, -0.15) is 0 Å². The molecule has 0 aromatic heterocycles. The number of phenols is 2. The first-order chi connectivity index (χ1) is 15.5. The van der Waals surface area contributed by atoms with Crippen LogP contribution in [0.15, 0.2) is 30.3 Å². The van der Waals surface area contributed by atoms with Crippen molar-refractivity contribution < 1.29 is 29.3 Å². The highest BCUT2D eigenvalue weighted by atomic mass is 16.5. The molecule has 0 heterocycles. The van der Waals surface area contributed by atoms with Crippen LogP contribution in [0.3, 0.4) is 0 Å². The quantitative estimate of drug-likeness (QED) is 0.467. The van der Waals surface area contributed by atoms with Crippen molar-refractivity contribution >= 4 is 11.6 Å². The van der Waals surface area contributed by atoms with Gasteiger partial charge >= 0.3 is 0 Å². The summed E-state index contributed by atoms with van der Waals surface area (Å²) in [6.07, 6.45) is 1.32. The summed E-state index contributed by atoms with van der Waals surface area (Å²) in [7, 11) is 6.78. The van der Waals surface area contributed by atoms with Crippen molar-refractivity contribution in [1.29, 1.82) is 0 Å². The summed E-state index contributed by atoms with van der Waals surface area (Å²) in [5.41, 5.74) is 1.34. The number of aromatic hydroxyl groups is 2. The third-order valence-corrected chi connectivity index (χ3v) is 5.84. The van der Waals surface area contributed by atoms with Gasteiger partial charge in [0, 0.05) is 24.9 Å². The lowest BCUT2D eigenvalue weighted by atomic mass is 9.79. The second kappa shape index (κ2) is 11.2. The summed E-state index contributed by atoms with van der Waals surface area (Å²) < 4.78 is 10.4. The zero-order valence-corrected chi connectivity index (χ0v) is 20.4. The highest BCUT2D eigenvalue weighted by Gasteiger charge is 2.34. The third-order valence-electron chi connectivity index (χ3n) is 5.84. The van der Waals surface area contributed by atoms with Crippen LogP contribution in [0, 0.1) is 5.41 Å². The van der Waals surface area contributed by atoms with Crippen molar-refractivity contribution in [2.45, 2.75) is 46.1 Å². The first-order valence-electron chi connectivity index (χ1n) is 11.0. The molecule has 0 atom stereocenters. The van der Waals surface area contributed by atoms with E-state index >= 15 is 0 Å². The summed E-state index contributed by atoms with van der Waals surface area (Å²) in [5.74, 6) is 0.614. The maximum Gasteiger partial charge on any atom is 0.162 e. The Morgan fingerprint density at radius 1 is 0.879 bits per heavy atom. The number of methoxy groups -OCH3 is 2. The number of hydrogen-bond donors (Lipinski definition) is 2. The van der Waals surface area contributed by atoms with E-state index in [4.69, 9.17) is 9.47 Å². The van der Waals surface area contributed by atoms with Crippen LogP contribution in [0.5, 0.6) is 23.0 Å². The van der Waals surface area contributed by atoms with E-state index in [0.29, 0.717) is 30.9 Å². The molecular formula is C26H35NO6. The molecule has 0 aliphatic rings. The molecular weight excluding hydrogens is 422 g/mol. The maximum absolute atomic E-state index is 13.0. The average molecular weight is 458 g/mol. The topological polar surface area (TPSA) is 96.3 Å². The molecule has 7 nitrogen and oxygen atoms in total. The van der Waals surface area contributed by atoms with E-state index in [1.807, 2.05) is 25.1 Å². The monoisotopic (exact) mass is 457 g/mol. The number of ether oxygens (including phenoxy) is 2. The Balaban J connectivity index is 2.04. The summed E-state index contributed by atoms with van der Waals surface area (Å²) in [6, 6.07) is 8.57. The van der Waals surface area contributed by atoms with Crippen LogP contribution in [-0.4, -0.2) is 55.0 Å². The largest absolute Gasteiger partial charge is 0.504 e. The number of Topliss-reactive ketones (excluding diaryl/α,β-unsaturated/α-hetero) is 2. The molecule has 0 spiro atoms. The molecule has 2 aromatic carbocycles. The Kier molecular flexibility index (Phi) is 8.88. The van der Waals surface area contributed by atoms with E-state index in [1.165, 1.54) is 20.3 Å². The van der Waals surface area contributed by atoms with Crippen molar-refractivity contribution in [2.24, 2.45) is 5.41 Å². The number of nitrogens with zero attached hydrogens (tertiary/aromatic N) is 1. The molecule has 0 unspecified atom stereocenters. The third kappa shape index (κ3) is 6.71. The van der Waals surface area contributed by atoms with Gasteiger partial charge < -0.3 is 24.6 Å². The maximum atomic E-state index is 13.0. The van der Waals surface area contributed by atoms with Gasteiger partial charge in [-0.3, -0.25) is 9.59 Å². The van der Waals surface area contributed by atoms with Crippen LogP contribution >= 0.6 is 0 Å². The smallest absolute Gasteiger partial charge is 0.162 e. The number of carbonyl (C=O) groups excluding carboxylic acids is 2. The van der Waals surface area contributed by atoms with E-state index in [9.17, 15) is 19.8 Å². The van der Waals surface area contributed by atoms with Crippen LogP contribution < -0.4 is 9.47 Å². The Labute approximate surface area is 195 Å². The van der Waals surface area contributed by atoms with Crippen LogP contribution in [0.25, 0.3) is 0 Å². The predicted octanol–water partition coefficient (Wildman–Crippen LogP) is 3.91. The Bertz CT molecular complexity index is 997. The highest BCUT2D eigenvalue weighted by molar-refractivity contribution is 6.06. The van der Waals surface area contributed by atoms with Gasteiger partial charge in [0.2, 0.25) is 0 Å². The minimum Gasteiger partial charge on any atom is -0.504 e. The molecule has 180 valence electrons. The number of hydrogen-bond acceptors (Lipinski definition) is 7. The number of phenolic OH excluding ortho intramolecular Hbond substituents is 2. The van der Waals surface area contributed by atoms with E-state index in [1.54, 1.807) is 32.0 Å². The number of benzene rings is 2. The molecule has 7 heteroatoms. The summed E-state index contributed by atoms with van der Waals surface area (Å²) in [5, 5.41) is 20.1. The molecule has 33 heavy (non-hydrogen) atoms. The van der Waals surface area contributed by atoms with Crippen molar-refractivity contribution in [2.75, 3.05) is 28.3 Å². The molecule has 0 aliphatic heterocycles. The fourth-order valence-electron chi connectivity index (χ4n) is 3.66. The van der Waals surface area contributed by atoms with Gasteiger partial charge in [0.15, 0.2) is 23.0 Å². The normalized spacial score (nSPS) is 11.5. The summed E-state index contributed by atoms with van der Waals surface area (Å²) in [4.78, 5) is 27.8. The lowest BCUT2D eigenvalue weighted by molar-refractivity contribution is -0.138. The summed E-state index contributed by atoms with van der Waals surface area (Å²) >= 11 is 0. The number of rotatable bonds is 12. The van der Waals surface area contributed by atoms with Crippen molar-refractivity contribution in [3.05, 3.63) is 47.0 Å². The van der Waals surface area contributed by atoms with Crippen molar-refractivity contribution in [3.63, 3.8) is 0 Å². The first-order valence-corrected chi connectivity index (χ1v) is 11.0. The molecule has 0 saturated heterocycles. The summed E-state index contributed by atoms with van der Waals surface area (Å²) in [6.45, 7) is 3.88. The lowest BCUT2D eigenvalue weighted by Crippen LogP contribution is -2.34. The molecule has 0 aliphatic carbocycles. The van der Waals surface area contributed by atoms with Gasteiger partial charge in [-0.25, -0.2) is 0 Å². The van der Waals surface area contributed by atoms with Crippen molar-refractivity contribution in [1.82, 2.24) is 4.90 Å². The minimum absolute atomic E-state index is 0.0442. The molecule has 0 saturated carbocycles. The number of ketones is 2. The predicted molar refractivity (Wildman–Crippen MR) is 127 cm³/mol. The van der Waals surface area contributed by atoms with Gasteiger partial charge in [0.05, 0.1) is 19.6 Å². The van der Waals surface area contributed by atoms with E-state index in [0.717, 1.165) is 16.7 Å². The van der Waals surface area contributed by atoms with Crippen LogP contribution in [0.1, 0.15) is 43.4 Å². The second-order valence-electron chi connectivity index (χ2n) is 9.02. The zero-order valence-electron chi connectivity index (χ0n) is 20.4. The SMILES string of the molecule is COc1cc(CCC(=O)C(C)(C)C(=O)CCc2cc(CN(C)C)c(O)c(OC)c2)ccc1O. The fraction of sp³-hybridized carbons (Fsp3) is 0.462. The highest BCUT2D eigenvalue weighted by Crippen LogP contribution is 2.33. The Hall–Kier alpha value is -3.06. The van der Waals surface area contributed by atoms with Crippen molar-refractivity contribution in [3.8, 4) is 23.0 Å². The standard InChI is InChI=1S/C26H35NO6/c1-26(2,23(29)11-8-17-7-10-20(28)21(14-17)32-5)24(30)12-9-18-13-19(16-27(3)4)25(31)22(15-18)33-6/h7,10,13-15,28,31H,8-9,11-12,16H2,1-6H3. The van der Waals surface area contributed by atoms with Gasteiger partial charge in [-0.15, -0.1) is 0 Å². The molecule has 2 rings (SSSR count). The first kappa shape index (κ1) is 26.2. The number of aryl methyl sites for hydroxylation is 2. The average Bonchev–Trinajstić information content (AvgIpc) is 2.77. The van der Waals surface area contributed by atoms with Crippen LogP contribution in [-0.2, 0) is 29.0 Å². The molecule has 0 fully saturated rings. The second-order valence-corrected chi connectivity index (χ2v) is 9.02. The minimum atomic E-state index is -1.10. The molecule has 0 radical (unpaired) electrons. The van der Waals surface area contributed by atoms with Gasteiger partial charge in [0.1, 0.15) is 11.6 Å². The molecule has 2 N–H and O–H groups in total. The van der Waals surface area contributed by atoms with Crippen LogP contribution in [0.4, 0.5) is 0 Å². The zero-order chi connectivity index (χ0) is 24.8. The Morgan fingerprint density at radius 3 is 1.97 bits per heavy atom. The molecule has 2 aromatic rings. The molecule has 0 amide bonds. The molecule has 0 bridgehead atoms. The van der Waals surface area contributed by atoms with Crippen LogP contribution in [0.2, 0.25) is 0 Å². The van der Waals surface area contributed by atoms with Gasteiger partial charge in [0.25, 0.3) is 0 Å². The van der Waals surface area contributed by atoms with Gasteiger partial charge in [-0.1, -0.05) is 12.1 Å². The van der Waals surface area contributed by atoms with Gasteiger partial charge in [-0.05, 0) is 70.1 Å².